The molecule has 1 aromatic rings. The van der Waals surface area contributed by atoms with Crippen molar-refractivity contribution < 1.29 is 28.7 Å². The third-order valence-corrected chi connectivity index (χ3v) is 3.98. The molecule has 0 N–H and O–H groups in total. The van der Waals surface area contributed by atoms with Crippen molar-refractivity contribution in [1.82, 2.24) is 0 Å². The molecule has 0 amide bonds. The molecule has 8 nitrogen and oxygen atoms in total. The van der Waals surface area contributed by atoms with Crippen LogP contribution >= 0.6 is 11.6 Å². The summed E-state index contributed by atoms with van der Waals surface area (Å²) in [5, 5.41) is 10.8. The molecule has 0 aromatic heterocycles. The largest absolute Gasteiger partial charge is 0.484 e. The van der Waals surface area contributed by atoms with Crippen molar-refractivity contribution >= 4 is 23.3 Å². The van der Waals surface area contributed by atoms with Crippen LogP contribution in [0, 0.1) is 10.1 Å². The van der Waals surface area contributed by atoms with Crippen LogP contribution in [0.1, 0.15) is 6.92 Å². The monoisotopic (exact) mass is 343 g/mol. The van der Waals surface area contributed by atoms with Crippen molar-refractivity contribution in [2.75, 3.05) is 13.2 Å². The maximum atomic E-state index is 11.1. The average molecular weight is 344 g/mol. The van der Waals surface area contributed by atoms with Crippen LogP contribution in [0.25, 0.3) is 0 Å². The summed E-state index contributed by atoms with van der Waals surface area (Å²) in [5.74, 6) is -0.0864. The lowest BCUT2D eigenvalue weighted by Gasteiger charge is -2.18. The second kappa shape index (κ2) is 6.31. The van der Waals surface area contributed by atoms with E-state index >= 15 is 0 Å². The first kappa shape index (κ1) is 16.0. The lowest BCUT2D eigenvalue weighted by atomic mass is 10.1. The Hall–Kier alpha value is -1.90. The zero-order valence-corrected chi connectivity index (χ0v) is 12.9. The van der Waals surface area contributed by atoms with Gasteiger partial charge in [-0.15, -0.1) is 0 Å². The van der Waals surface area contributed by atoms with Gasteiger partial charge in [0.1, 0.15) is 18.0 Å². The Balaban J connectivity index is 1.68. The second-order valence-electron chi connectivity index (χ2n) is 5.27. The minimum Gasteiger partial charge on any atom is -0.484 e. The zero-order valence-electron chi connectivity index (χ0n) is 12.1. The van der Waals surface area contributed by atoms with Crippen LogP contribution in [0.3, 0.4) is 0 Å². The minimum absolute atomic E-state index is 0.116. The van der Waals surface area contributed by atoms with Gasteiger partial charge in [0.15, 0.2) is 12.2 Å². The Morgan fingerprint density at radius 2 is 1.96 bits per heavy atom. The smallest absolute Gasteiger partial charge is 0.303 e. The van der Waals surface area contributed by atoms with Gasteiger partial charge in [-0.25, -0.2) is 0 Å². The number of carbonyl (C=O) groups excluding carboxylic acids is 1. The summed E-state index contributed by atoms with van der Waals surface area (Å²) in [5.41, 5.74) is -0.116. The lowest BCUT2D eigenvalue weighted by Crippen LogP contribution is -2.36. The molecule has 0 aliphatic carbocycles. The minimum atomic E-state index is -0.534. The van der Waals surface area contributed by atoms with E-state index in [1.165, 1.54) is 25.1 Å². The Morgan fingerprint density at radius 3 is 2.57 bits per heavy atom. The van der Waals surface area contributed by atoms with Gasteiger partial charge in [0, 0.05) is 19.1 Å². The van der Waals surface area contributed by atoms with E-state index in [1.54, 1.807) is 0 Å². The Labute approximate surface area is 136 Å². The van der Waals surface area contributed by atoms with Crippen LogP contribution in [0.5, 0.6) is 5.75 Å². The number of carbonyl (C=O) groups is 1. The number of esters is 1. The van der Waals surface area contributed by atoms with Crippen molar-refractivity contribution in [3.63, 3.8) is 0 Å². The van der Waals surface area contributed by atoms with Crippen molar-refractivity contribution in [3.8, 4) is 5.75 Å². The lowest BCUT2D eigenvalue weighted by molar-refractivity contribution is -0.384. The summed E-state index contributed by atoms with van der Waals surface area (Å²) in [4.78, 5) is 21.2. The van der Waals surface area contributed by atoms with Crippen molar-refractivity contribution in [1.29, 1.82) is 0 Å². The Bertz CT molecular complexity index is 638. The zero-order chi connectivity index (χ0) is 16.6. The topological polar surface area (TPSA) is 97.1 Å². The van der Waals surface area contributed by atoms with Crippen LogP contribution < -0.4 is 4.74 Å². The highest BCUT2D eigenvalue weighted by atomic mass is 35.5. The number of fused-ring (bicyclic) bond motifs is 1. The van der Waals surface area contributed by atoms with E-state index in [-0.39, 0.29) is 36.1 Å². The molecule has 4 atom stereocenters. The molecule has 2 fully saturated rings. The maximum Gasteiger partial charge on any atom is 0.303 e. The van der Waals surface area contributed by atoms with Gasteiger partial charge in [0.2, 0.25) is 0 Å². The summed E-state index contributed by atoms with van der Waals surface area (Å²) in [6.45, 7) is 1.82. The molecule has 1 aromatic carbocycles. The maximum absolute atomic E-state index is 11.1. The first-order valence-corrected chi connectivity index (χ1v) is 7.34. The summed E-state index contributed by atoms with van der Waals surface area (Å²) in [7, 11) is 0. The highest BCUT2D eigenvalue weighted by molar-refractivity contribution is 6.32. The summed E-state index contributed by atoms with van der Waals surface area (Å²) < 4.78 is 22.1. The number of non-ortho nitro benzene ring substituents is 1. The fraction of sp³-hybridized carbons (Fsp3) is 0.500. The third-order valence-electron chi connectivity index (χ3n) is 3.68. The summed E-state index contributed by atoms with van der Waals surface area (Å²) >= 11 is 6.01. The molecule has 0 radical (unpaired) electrons. The molecule has 0 saturated carbocycles. The highest BCUT2D eigenvalue weighted by Gasteiger charge is 2.50. The van der Waals surface area contributed by atoms with Crippen LogP contribution in [0.4, 0.5) is 5.69 Å². The number of hydrogen-bond donors (Lipinski definition) is 0. The van der Waals surface area contributed by atoms with Gasteiger partial charge in [-0.05, 0) is 6.07 Å². The number of hydrogen-bond acceptors (Lipinski definition) is 7. The van der Waals surface area contributed by atoms with Gasteiger partial charge in [-0.2, -0.15) is 0 Å². The Morgan fingerprint density at radius 1 is 1.30 bits per heavy atom. The molecule has 2 aliphatic heterocycles. The van der Waals surface area contributed by atoms with Gasteiger partial charge in [0.05, 0.1) is 23.2 Å². The molecular formula is C14H14ClNO7. The fourth-order valence-corrected chi connectivity index (χ4v) is 2.93. The van der Waals surface area contributed by atoms with E-state index in [2.05, 4.69) is 0 Å². The third kappa shape index (κ3) is 3.24. The number of rotatable bonds is 4. The molecule has 124 valence electrons. The molecule has 0 bridgehead atoms. The number of halogens is 1. The highest BCUT2D eigenvalue weighted by Crippen LogP contribution is 2.35. The standard InChI is InChI=1S/C14H14ClNO7/c1-7(17)22-11-5-20-14-12(6-21-13(11)14)23-10-3-2-8(16(18)19)4-9(10)15/h2-4,11-14H,5-6H2,1H3/t11-,12?,13+,14+/m0/s1. The second-order valence-corrected chi connectivity index (χ2v) is 5.68. The molecule has 2 heterocycles. The average Bonchev–Trinajstić information content (AvgIpc) is 3.04. The van der Waals surface area contributed by atoms with Gasteiger partial charge in [-0.1, -0.05) is 11.6 Å². The van der Waals surface area contributed by atoms with Gasteiger partial charge in [0.25, 0.3) is 5.69 Å². The van der Waals surface area contributed by atoms with E-state index in [4.69, 9.17) is 30.5 Å². The van der Waals surface area contributed by atoms with Crippen LogP contribution in [0.2, 0.25) is 5.02 Å². The SMILES string of the molecule is CC(=O)O[C@H]1CO[C@@H]2C(Oc3ccc([N+](=O)[O-])cc3Cl)CO[C@H]12. The number of nitrogens with zero attached hydrogens (tertiary/aromatic N) is 1. The van der Waals surface area contributed by atoms with E-state index < -0.39 is 23.1 Å². The molecule has 2 aliphatic rings. The molecule has 0 spiro atoms. The predicted octanol–water partition coefficient (Wildman–Crippen LogP) is 1.72. The molecule has 2 saturated heterocycles. The van der Waals surface area contributed by atoms with Gasteiger partial charge < -0.3 is 18.9 Å². The van der Waals surface area contributed by atoms with E-state index in [0.717, 1.165) is 0 Å². The van der Waals surface area contributed by atoms with Crippen molar-refractivity contribution in [2.24, 2.45) is 0 Å². The van der Waals surface area contributed by atoms with Crippen LogP contribution in [-0.2, 0) is 19.0 Å². The molecule has 9 heteroatoms. The van der Waals surface area contributed by atoms with E-state index in [9.17, 15) is 14.9 Å². The van der Waals surface area contributed by atoms with Gasteiger partial charge >= 0.3 is 5.97 Å². The van der Waals surface area contributed by atoms with Crippen molar-refractivity contribution in [2.45, 2.75) is 31.3 Å². The molecule has 23 heavy (non-hydrogen) atoms. The molecule has 3 rings (SSSR count). The first-order valence-electron chi connectivity index (χ1n) is 6.96. The summed E-state index contributed by atoms with van der Waals surface area (Å²) in [6, 6.07) is 3.97. The van der Waals surface area contributed by atoms with E-state index in [1.807, 2.05) is 0 Å². The first-order chi connectivity index (χ1) is 11.0. The fourth-order valence-electron chi connectivity index (χ4n) is 2.71. The summed E-state index contributed by atoms with van der Waals surface area (Å²) in [6.07, 6.45) is -1.66. The van der Waals surface area contributed by atoms with Gasteiger partial charge in [-0.3, -0.25) is 14.9 Å². The molecule has 1 unspecified atom stereocenters. The number of nitro groups is 1. The number of ether oxygens (including phenoxy) is 4. The predicted molar refractivity (Wildman–Crippen MR) is 77.6 cm³/mol. The quantitative estimate of drug-likeness (QED) is 0.466. The number of benzene rings is 1. The van der Waals surface area contributed by atoms with Crippen molar-refractivity contribution in [3.05, 3.63) is 33.3 Å². The van der Waals surface area contributed by atoms with E-state index in [0.29, 0.717) is 5.75 Å². The van der Waals surface area contributed by atoms with Crippen LogP contribution in [0.15, 0.2) is 18.2 Å². The Kier molecular flexibility index (Phi) is 4.38. The normalized spacial score (nSPS) is 29.1. The molecular weight excluding hydrogens is 330 g/mol. The number of nitro benzene ring substituents is 1. The van der Waals surface area contributed by atoms with Crippen LogP contribution in [-0.4, -0.2) is 48.5 Å².